The number of carbonyl (C=O) groups excluding carboxylic acids is 1. The van der Waals surface area contributed by atoms with Gasteiger partial charge in [0.2, 0.25) is 5.91 Å². The van der Waals surface area contributed by atoms with Crippen LogP contribution in [0.2, 0.25) is 0 Å². The topological polar surface area (TPSA) is 67.2 Å². The van der Waals surface area contributed by atoms with Crippen molar-refractivity contribution in [2.45, 2.75) is 19.8 Å². The SMILES string of the molecule is Cc1cc(CCC(=O)N2CC3CN(c4ncnc5c4ncn5C)CC3C2)ccc1F. The third-order valence-corrected chi connectivity index (χ3v) is 6.47. The molecule has 4 heterocycles. The second-order valence-electron chi connectivity index (χ2n) is 8.53. The minimum absolute atomic E-state index is 0.187. The molecule has 5 rings (SSSR count). The van der Waals surface area contributed by atoms with Gasteiger partial charge in [-0.25, -0.2) is 19.3 Å². The fourth-order valence-electron chi connectivity index (χ4n) is 4.81. The summed E-state index contributed by atoms with van der Waals surface area (Å²) in [6, 6.07) is 5.08. The molecule has 0 N–H and O–H groups in total. The van der Waals surface area contributed by atoms with Gasteiger partial charge in [0.1, 0.15) is 12.1 Å². The number of benzene rings is 1. The van der Waals surface area contributed by atoms with E-state index in [1.165, 1.54) is 6.07 Å². The first kappa shape index (κ1) is 19.0. The Morgan fingerprint density at radius 3 is 2.63 bits per heavy atom. The van der Waals surface area contributed by atoms with Crippen molar-refractivity contribution in [3.05, 3.63) is 47.8 Å². The van der Waals surface area contributed by atoms with Crippen molar-refractivity contribution in [1.82, 2.24) is 24.4 Å². The van der Waals surface area contributed by atoms with Crippen LogP contribution in [-0.4, -0.2) is 56.5 Å². The first-order valence-electron chi connectivity index (χ1n) is 10.4. The number of amides is 1. The van der Waals surface area contributed by atoms with Crippen LogP contribution in [0.5, 0.6) is 0 Å². The van der Waals surface area contributed by atoms with Gasteiger partial charge in [-0.05, 0) is 30.5 Å². The molecule has 30 heavy (non-hydrogen) atoms. The molecule has 2 saturated heterocycles. The first-order chi connectivity index (χ1) is 14.5. The summed E-state index contributed by atoms with van der Waals surface area (Å²) in [5.41, 5.74) is 3.31. The summed E-state index contributed by atoms with van der Waals surface area (Å²) in [6.45, 7) is 5.10. The van der Waals surface area contributed by atoms with Crippen molar-refractivity contribution in [3.8, 4) is 0 Å². The summed E-state index contributed by atoms with van der Waals surface area (Å²) < 4.78 is 15.3. The average molecular weight is 408 g/mol. The summed E-state index contributed by atoms with van der Waals surface area (Å²) in [4.78, 5) is 30.3. The lowest BCUT2D eigenvalue weighted by Crippen LogP contribution is -2.33. The Labute approximate surface area is 174 Å². The highest BCUT2D eigenvalue weighted by Gasteiger charge is 2.42. The Morgan fingerprint density at radius 1 is 1.13 bits per heavy atom. The predicted octanol–water partition coefficient (Wildman–Crippen LogP) is 2.34. The van der Waals surface area contributed by atoms with Gasteiger partial charge in [0.05, 0.1) is 6.33 Å². The average Bonchev–Trinajstić information content (AvgIpc) is 3.42. The van der Waals surface area contributed by atoms with Crippen LogP contribution < -0.4 is 4.90 Å². The van der Waals surface area contributed by atoms with Crippen LogP contribution in [0.4, 0.5) is 10.2 Å². The number of anilines is 1. The largest absolute Gasteiger partial charge is 0.354 e. The van der Waals surface area contributed by atoms with Gasteiger partial charge >= 0.3 is 0 Å². The van der Waals surface area contributed by atoms with E-state index < -0.39 is 0 Å². The lowest BCUT2D eigenvalue weighted by Gasteiger charge is -2.22. The van der Waals surface area contributed by atoms with Gasteiger partial charge in [-0.2, -0.15) is 0 Å². The molecule has 0 aliphatic carbocycles. The molecule has 0 bridgehead atoms. The summed E-state index contributed by atoms with van der Waals surface area (Å²) >= 11 is 0. The molecule has 3 aromatic rings. The van der Waals surface area contributed by atoms with Crippen molar-refractivity contribution in [2.75, 3.05) is 31.1 Å². The van der Waals surface area contributed by atoms with Gasteiger partial charge in [-0.3, -0.25) is 4.79 Å². The maximum Gasteiger partial charge on any atom is 0.222 e. The second kappa shape index (κ2) is 7.34. The van der Waals surface area contributed by atoms with Crippen LogP contribution in [0.3, 0.4) is 0 Å². The molecule has 0 saturated carbocycles. The number of hydrogen-bond acceptors (Lipinski definition) is 5. The summed E-state index contributed by atoms with van der Waals surface area (Å²) in [7, 11) is 1.93. The third kappa shape index (κ3) is 3.30. The van der Waals surface area contributed by atoms with Crippen LogP contribution in [-0.2, 0) is 18.3 Å². The van der Waals surface area contributed by atoms with Gasteiger partial charge in [0.15, 0.2) is 17.0 Å². The van der Waals surface area contributed by atoms with E-state index in [1.807, 2.05) is 22.6 Å². The number of aromatic nitrogens is 4. The van der Waals surface area contributed by atoms with Crippen molar-refractivity contribution in [3.63, 3.8) is 0 Å². The Morgan fingerprint density at radius 2 is 1.90 bits per heavy atom. The molecular weight excluding hydrogens is 383 g/mol. The Hall–Kier alpha value is -3.03. The number of fused-ring (bicyclic) bond motifs is 2. The second-order valence-corrected chi connectivity index (χ2v) is 8.53. The minimum atomic E-state index is -0.200. The highest BCUT2D eigenvalue weighted by Crippen LogP contribution is 2.35. The molecular formula is C22H25FN6O. The van der Waals surface area contributed by atoms with E-state index in [4.69, 9.17) is 0 Å². The van der Waals surface area contributed by atoms with E-state index in [0.29, 0.717) is 30.2 Å². The smallest absolute Gasteiger partial charge is 0.222 e. The molecule has 0 radical (unpaired) electrons. The molecule has 8 heteroatoms. The van der Waals surface area contributed by atoms with E-state index >= 15 is 0 Å². The monoisotopic (exact) mass is 408 g/mol. The van der Waals surface area contributed by atoms with Gasteiger partial charge < -0.3 is 14.4 Å². The Balaban J connectivity index is 1.20. The summed E-state index contributed by atoms with van der Waals surface area (Å²) in [6.07, 6.45) is 4.48. The normalized spacial score (nSPS) is 20.9. The molecule has 2 fully saturated rings. The van der Waals surface area contributed by atoms with Gasteiger partial charge in [0, 0.05) is 51.5 Å². The van der Waals surface area contributed by atoms with Crippen molar-refractivity contribution >= 4 is 22.9 Å². The number of hydrogen-bond donors (Lipinski definition) is 0. The number of carbonyl (C=O) groups is 1. The lowest BCUT2D eigenvalue weighted by atomic mass is 10.0. The fourth-order valence-corrected chi connectivity index (χ4v) is 4.81. The molecule has 2 aromatic heterocycles. The molecule has 2 atom stereocenters. The molecule has 7 nitrogen and oxygen atoms in total. The molecule has 2 unspecified atom stereocenters. The summed E-state index contributed by atoms with van der Waals surface area (Å²) in [5.74, 6) is 1.78. The van der Waals surface area contributed by atoms with E-state index in [-0.39, 0.29) is 11.7 Å². The third-order valence-electron chi connectivity index (χ3n) is 6.47. The van der Waals surface area contributed by atoms with Crippen LogP contribution in [0.15, 0.2) is 30.9 Å². The summed E-state index contributed by atoms with van der Waals surface area (Å²) in [5, 5.41) is 0. The number of likely N-dealkylation sites (tertiary alicyclic amines) is 1. The highest BCUT2D eigenvalue weighted by atomic mass is 19.1. The lowest BCUT2D eigenvalue weighted by molar-refractivity contribution is -0.130. The van der Waals surface area contributed by atoms with Gasteiger partial charge in [-0.15, -0.1) is 0 Å². The highest BCUT2D eigenvalue weighted by molar-refractivity contribution is 5.83. The van der Waals surface area contributed by atoms with E-state index in [1.54, 1.807) is 25.6 Å². The molecule has 156 valence electrons. The first-order valence-corrected chi connectivity index (χ1v) is 10.4. The number of nitrogens with zero attached hydrogens (tertiary/aromatic N) is 6. The molecule has 2 aliphatic heterocycles. The molecule has 1 aromatic carbocycles. The van der Waals surface area contributed by atoms with Crippen LogP contribution in [0.1, 0.15) is 17.5 Å². The predicted molar refractivity (Wildman–Crippen MR) is 112 cm³/mol. The zero-order valence-electron chi connectivity index (χ0n) is 17.3. The van der Waals surface area contributed by atoms with Crippen molar-refractivity contribution in [1.29, 1.82) is 0 Å². The molecule has 2 aliphatic rings. The van der Waals surface area contributed by atoms with Gasteiger partial charge in [-0.1, -0.05) is 12.1 Å². The van der Waals surface area contributed by atoms with Crippen LogP contribution >= 0.6 is 0 Å². The number of imidazole rings is 1. The maximum absolute atomic E-state index is 13.4. The van der Waals surface area contributed by atoms with Crippen LogP contribution in [0.25, 0.3) is 11.2 Å². The maximum atomic E-state index is 13.4. The van der Waals surface area contributed by atoms with Crippen molar-refractivity contribution in [2.24, 2.45) is 18.9 Å². The van der Waals surface area contributed by atoms with E-state index in [0.717, 1.165) is 48.7 Å². The van der Waals surface area contributed by atoms with Crippen molar-refractivity contribution < 1.29 is 9.18 Å². The van der Waals surface area contributed by atoms with Gasteiger partial charge in [0.25, 0.3) is 0 Å². The molecule has 1 amide bonds. The van der Waals surface area contributed by atoms with E-state index in [2.05, 4.69) is 19.9 Å². The Bertz CT molecular complexity index is 1100. The standard InChI is InChI=1S/C22H25FN6O/c1-14-7-15(3-5-18(14)23)4-6-19(30)28-8-16-10-29(11-17(16)9-28)22-20-21(24-12-25-22)27(2)13-26-20/h3,5,7,12-13,16-17H,4,6,8-11H2,1-2H3. The number of halogens is 1. The quantitative estimate of drug-likeness (QED) is 0.663. The number of aryl methyl sites for hydroxylation is 3. The fraction of sp³-hybridized carbons (Fsp3) is 0.455. The van der Waals surface area contributed by atoms with E-state index in [9.17, 15) is 9.18 Å². The Kier molecular flexibility index (Phi) is 4.64. The number of rotatable bonds is 4. The van der Waals surface area contributed by atoms with Crippen LogP contribution in [0, 0.1) is 24.6 Å². The molecule has 0 spiro atoms. The minimum Gasteiger partial charge on any atom is -0.354 e. The zero-order valence-corrected chi connectivity index (χ0v) is 17.3. The zero-order chi connectivity index (χ0) is 20.8.